The summed E-state index contributed by atoms with van der Waals surface area (Å²) in [5.74, 6) is 0. The molecule has 1 heterocycles. The minimum atomic E-state index is -0.622. The number of aryl methyl sites for hydroxylation is 1. The van der Waals surface area contributed by atoms with Crippen molar-refractivity contribution in [2.75, 3.05) is 6.54 Å². The highest BCUT2D eigenvalue weighted by molar-refractivity contribution is 6.42. The first-order chi connectivity index (χ1) is 9.08. The predicted octanol–water partition coefficient (Wildman–Crippen LogP) is 2.55. The summed E-state index contributed by atoms with van der Waals surface area (Å²) >= 11 is 11.8. The Labute approximate surface area is 122 Å². The van der Waals surface area contributed by atoms with Gasteiger partial charge in [0.1, 0.15) is 0 Å². The van der Waals surface area contributed by atoms with Gasteiger partial charge in [-0.05, 0) is 17.7 Å². The standard InChI is InChI=1S/C13H15Cl2N3O/c1-18-8-17-6-10(18)5-16-7-13(19)9-2-3-11(14)12(15)4-9/h2-4,6,8,13,16,19H,5,7H2,1H3/t13-/m0/s1. The Hall–Kier alpha value is -1.07. The van der Waals surface area contributed by atoms with Crippen molar-refractivity contribution in [3.8, 4) is 0 Å². The molecule has 6 heteroatoms. The van der Waals surface area contributed by atoms with Gasteiger partial charge in [-0.2, -0.15) is 0 Å². The van der Waals surface area contributed by atoms with Crippen molar-refractivity contribution in [2.24, 2.45) is 7.05 Å². The third-order valence-corrected chi connectivity index (χ3v) is 3.63. The van der Waals surface area contributed by atoms with Crippen LogP contribution < -0.4 is 5.32 Å². The molecule has 0 radical (unpaired) electrons. The number of benzene rings is 1. The minimum Gasteiger partial charge on any atom is -0.387 e. The number of aliphatic hydroxyl groups excluding tert-OH is 1. The molecule has 2 rings (SSSR count). The van der Waals surface area contributed by atoms with Gasteiger partial charge in [0.05, 0.1) is 28.2 Å². The van der Waals surface area contributed by atoms with Crippen molar-refractivity contribution in [1.82, 2.24) is 14.9 Å². The van der Waals surface area contributed by atoms with Crippen molar-refractivity contribution in [3.05, 3.63) is 52.0 Å². The van der Waals surface area contributed by atoms with E-state index >= 15 is 0 Å². The number of hydrogen-bond donors (Lipinski definition) is 2. The van der Waals surface area contributed by atoms with E-state index in [-0.39, 0.29) is 0 Å². The summed E-state index contributed by atoms with van der Waals surface area (Å²) in [4.78, 5) is 4.03. The van der Waals surface area contributed by atoms with Crippen LogP contribution in [0.15, 0.2) is 30.7 Å². The van der Waals surface area contributed by atoms with E-state index in [1.807, 2.05) is 11.6 Å². The second-order valence-electron chi connectivity index (χ2n) is 4.32. The molecule has 0 aliphatic rings. The molecule has 0 aliphatic heterocycles. The highest BCUT2D eigenvalue weighted by Gasteiger charge is 2.09. The first-order valence-electron chi connectivity index (χ1n) is 5.87. The fourth-order valence-corrected chi connectivity index (χ4v) is 2.04. The van der Waals surface area contributed by atoms with Crippen LogP contribution in [-0.4, -0.2) is 21.2 Å². The van der Waals surface area contributed by atoms with Gasteiger partial charge in [0, 0.05) is 26.3 Å². The lowest BCUT2D eigenvalue weighted by molar-refractivity contribution is 0.174. The van der Waals surface area contributed by atoms with Crippen LogP contribution in [0.25, 0.3) is 0 Å². The fourth-order valence-electron chi connectivity index (χ4n) is 1.73. The number of halogens is 2. The summed E-state index contributed by atoms with van der Waals surface area (Å²) in [5, 5.41) is 14.2. The van der Waals surface area contributed by atoms with Gasteiger partial charge in [-0.15, -0.1) is 0 Å². The van der Waals surface area contributed by atoms with Crippen LogP contribution in [-0.2, 0) is 13.6 Å². The van der Waals surface area contributed by atoms with Gasteiger partial charge in [-0.25, -0.2) is 4.98 Å². The SMILES string of the molecule is Cn1cncc1CNC[C@H](O)c1ccc(Cl)c(Cl)c1. The Morgan fingerprint density at radius 2 is 2.16 bits per heavy atom. The monoisotopic (exact) mass is 299 g/mol. The lowest BCUT2D eigenvalue weighted by Crippen LogP contribution is -2.22. The maximum absolute atomic E-state index is 10.0. The molecule has 0 aliphatic carbocycles. The first-order valence-corrected chi connectivity index (χ1v) is 6.62. The highest BCUT2D eigenvalue weighted by atomic mass is 35.5. The van der Waals surface area contributed by atoms with Crippen molar-refractivity contribution in [3.63, 3.8) is 0 Å². The molecule has 1 atom stereocenters. The van der Waals surface area contributed by atoms with Crippen molar-refractivity contribution < 1.29 is 5.11 Å². The Morgan fingerprint density at radius 3 is 2.79 bits per heavy atom. The zero-order chi connectivity index (χ0) is 13.8. The van der Waals surface area contributed by atoms with E-state index in [4.69, 9.17) is 23.2 Å². The molecule has 1 aromatic heterocycles. The normalized spacial score (nSPS) is 12.6. The van der Waals surface area contributed by atoms with Crippen LogP contribution in [0.3, 0.4) is 0 Å². The average molecular weight is 300 g/mol. The molecule has 4 nitrogen and oxygen atoms in total. The van der Waals surface area contributed by atoms with Crippen LogP contribution >= 0.6 is 23.2 Å². The lowest BCUT2D eigenvalue weighted by atomic mass is 10.1. The number of aliphatic hydroxyl groups is 1. The van der Waals surface area contributed by atoms with E-state index in [0.717, 1.165) is 11.3 Å². The second kappa shape index (κ2) is 6.39. The van der Waals surface area contributed by atoms with Crippen LogP contribution in [0.5, 0.6) is 0 Å². The number of aromatic nitrogens is 2. The minimum absolute atomic E-state index is 0.434. The average Bonchev–Trinajstić information content (AvgIpc) is 2.78. The van der Waals surface area contributed by atoms with Crippen LogP contribution in [0.1, 0.15) is 17.4 Å². The van der Waals surface area contributed by atoms with Crippen molar-refractivity contribution in [1.29, 1.82) is 0 Å². The lowest BCUT2D eigenvalue weighted by Gasteiger charge is -2.13. The molecule has 1 aromatic carbocycles. The molecule has 2 N–H and O–H groups in total. The molecular weight excluding hydrogens is 285 g/mol. The second-order valence-corrected chi connectivity index (χ2v) is 5.13. The largest absolute Gasteiger partial charge is 0.387 e. The summed E-state index contributed by atoms with van der Waals surface area (Å²) in [6.45, 7) is 1.08. The summed E-state index contributed by atoms with van der Waals surface area (Å²) in [6, 6.07) is 5.13. The first kappa shape index (κ1) is 14.3. The van der Waals surface area contributed by atoms with Gasteiger partial charge < -0.3 is 15.0 Å². The topological polar surface area (TPSA) is 50.1 Å². The summed E-state index contributed by atoms with van der Waals surface area (Å²) in [7, 11) is 1.93. The van der Waals surface area contributed by atoms with E-state index in [0.29, 0.717) is 23.1 Å². The van der Waals surface area contributed by atoms with E-state index in [1.54, 1.807) is 30.7 Å². The quantitative estimate of drug-likeness (QED) is 0.892. The highest BCUT2D eigenvalue weighted by Crippen LogP contribution is 2.25. The molecule has 0 fully saturated rings. The Morgan fingerprint density at radius 1 is 1.37 bits per heavy atom. The molecule has 0 bridgehead atoms. The van der Waals surface area contributed by atoms with E-state index in [1.165, 1.54) is 0 Å². The zero-order valence-corrected chi connectivity index (χ0v) is 12.0. The Bertz CT molecular complexity index is 557. The molecule has 0 amide bonds. The number of nitrogens with zero attached hydrogens (tertiary/aromatic N) is 2. The summed E-state index contributed by atoms with van der Waals surface area (Å²) in [5.41, 5.74) is 1.80. The van der Waals surface area contributed by atoms with Crippen LogP contribution in [0, 0.1) is 0 Å². The van der Waals surface area contributed by atoms with Gasteiger partial charge in [-0.1, -0.05) is 29.3 Å². The molecule has 2 aromatic rings. The third kappa shape index (κ3) is 3.70. The van der Waals surface area contributed by atoms with Gasteiger partial charge in [0.2, 0.25) is 0 Å². The number of nitrogens with one attached hydrogen (secondary N) is 1. The van der Waals surface area contributed by atoms with Gasteiger partial charge >= 0.3 is 0 Å². The molecular formula is C13H15Cl2N3O. The maximum Gasteiger partial charge on any atom is 0.0945 e. The molecule has 0 spiro atoms. The number of imidazole rings is 1. The van der Waals surface area contributed by atoms with Crippen LogP contribution in [0.2, 0.25) is 10.0 Å². The Kier molecular flexibility index (Phi) is 4.82. The predicted molar refractivity (Wildman–Crippen MR) is 76.3 cm³/mol. The molecule has 0 unspecified atom stereocenters. The fraction of sp³-hybridized carbons (Fsp3) is 0.308. The third-order valence-electron chi connectivity index (χ3n) is 2.89. The summed E-state index contributed by atoms with van der Waals surface area (Å²) in [6.07, 6.45) is 2.91. The molecule has 19 heavy (non-hydrogen) atoms. The Balaban J connectivity index is 1.89. The van der Waals surface area contributed by atoms with E-state index in [9.17, 15) is 5.11 Å². The zero-order valence-electron chi connectivity index (χ0n) is 10.5. The van der Waals surface area contributed by atoms with Gasteiger partial charge in [0.15, 0.2) is 0 Å². The van der Waals surface area contributed by atoms with E-state index in [2.05, 4.69) is 10.3 Å². The summed E-state index contributed by atoms with van der Waals surface area (Å²) < 4.78 is 1.93. The van der Waals surface area contributed by atoms with Gasteiger partial charge in [-0.3, -0.25) is 0 Å². The van der Waals surface area contributed by atoms with Crippen molar-refractivity contribution >= 4 is 23.2 Å². The van der Waals surface area contributed by atoms with Crippen LogP contribution in [0.4, 0.5) is 0 Å². The number of hydrogen-bond acceptors (Lipinski definition) is 3. The molecule has 0 saturated carbocycles. The van der Waals surface area contributed by atoms with Crippen molar-refractivity contribution in [2.45, 2.75) is 12.6 Å². The maximum atomic E-state index is 10.0. The van der Waals surface area contributed by atoms with Gasteiger partial charge in [0.25, 0.3) is 0 Å². The smallest absolute Gasteiger partial charge is 0.0945 e. The van der Waals surface area contributed by atoms with E-state index < -0.39 is 6.10 Å². The number of rotatable bonds is 5. The molecule has 0 saturated heterocycles. The molecule has 102 valence electrons.